The number of rotatable bonds is 4. The van der Waals surface area contributed by atoms with Gasteiger partial charge in [-0.3, -0.25) is 10.1 Å². The van der Waals surface area contributed by atoms with Gasteiger partial charge in [-0.25, -0.2) is 0 Å². The van der Waals surface area contributed by atoms with Gasteiger partial charge >= 0.3 is 0 Å². The van der Waals surface area contributed by atoms with Crippen molar-refractivity contribution in [2.24, 2.45) is 5.73 Å². The molecule has 0 radical (unpaired) electrons. The summed E-state index contributed by atoms with van der Waals surface area (Å²) in [5, 5.41) is 10.8. The molecule has 0 unspecified atom stereocenters. The zero-order valence-electron chi connectivity index (χ0n) is 10.5. The highest BCUT2D eigenvalue weighted by molar-refractivity contribution is 5.49. The molecule has 0 aliphatic heterocycles. The number of nitrogens with zero attached hydrogens (tertiary/aromatic N) is 1. The molecule has 98 valence electrons. The van der Waals surface area contributed by atoms with Crippen LogP contribution in [-0.2, 0) is 6.54 Å². The average molecular weight is 258 g/mol. The van der Waals surface area contributed by atoms with Crippen molar-refractivity contribution in [2.75, 3.05) is 0 Å². The van der Waals surface area contributed by atoms with E-state index < -0.39 is 4.92 Å². The summed E-state index contributed by atoms with van der Waals surface area (Å²) in [4.78, 5) is 10.4. The first-order valence-electron chi connectivity index (χ1n) is 5.82. The smallest absolute Gasteiger partial charge is 0.276 e. The van der Waals surface area contributed by atoms with Crippen LogP contribution in [0.25, 0.3) is 0 Å². The summed E-state index contributed by atoms with van der Waals surface area (Å²) in [5.41, 5.74) is 7.08. The van der Waals surface area contributed by atoms with Gasteiger partial charge in [-0.05, 0) is 30.7 Å². The molecular formula is C14H14N2O3. The molecule has 19 heavy (non-hydrogen) atoms. The zero-order valence-corrected chi connectivity index (χ0v) is 10.5. The van der Waals surface area contributed by atoms with E-state index in [9.17, 15) is 10.1 Å². The molecule has 0 aliphatic rings. The minimum atomic E-state index is -0.417. The van der Waals surface area contributed by atoms with Crippen LogP contribution in [0.5, 0.6) is 11.5 Å². The first-order valence-corrected chi connectivity index (χ1v) is 5.82. The molecule has 0 heterocycles. The lowest BCUT2D eigenvalue weighted by Gasteiger charge is -2.09. The number of nitrogens with two attached hydrogens (primary N) is 1. The van der Waals surface area contributed by atoms with Crippen LogP contribution in [0.4, 0.5) is 5.69 Å². The molecule has 0 aromatic heterocycles. The van der Waals surface area contributed by atoms with Crippen molar-refractivity contribution in [3.8, 4) is 11.5 Å². The van der Waals surface area contributed by atoms with E-state index in [2.05, 4.69) is 0 Å². The fraction of sp³-hybridized carbons (Fsp3) is 0.143. The highest BCUT2D eigenvalue weighted by Gasteiger charge is 2.14. The molecule has 0 bridgehead atoms. The van der Waals surface area contributed by atoms with Crippen LogP contribution in [0.3, 0.4) is 0 Å². The van der Waals surface area contributed by atoms with E-state index in [4.69, 9.17) is 10.5 Å². The Hall–Kier alpha value is -2.40. The highest BCUT2D eigenvalue weighted by atomic mass is 16.6. The van der Waals surface area contributed by atoms with Gasteiger partial charge in [0.1, 0.15) is 11.5 Å². The van der Waals surface area contributed by atoms with Crippen LogP contribution in [0.15, 0.2) is 42.5 Å². The average Bonchev–Trinajstić information content (AvgIpc) is 2.41. The molecule has 0 aliphatic carbocycles. The predicted octanol–water partition coefficient (Wildman–Crippen LogP) is 3.15. The van der Waals surface area contributed by atoms with Crippen LogP contribution in [0, 0.1) is 17.0 Å². The number of nitro benzene ring substituents is 1. The largest absolute Gasteiger partial charge is 0.457 e. The SMILES string of the molecule is Cc1c(Oc2ccc(CN)cc2)cccc1[N+](=O)[O-]. The van der Waals surface area contributed by atoms with Crippen LogP contribution in [0.1, 0.15) is 11.1 Å². The monoisotopic (exact) mass is 258 g/mol. The molecule has 2 aromatic carbocycles. The minimum Gasteiger partial charge on any atom is -0.457 e. The molecule has 2 aromatic rings. The topological polar surface area (TPSA) is 78.4 Å². The summed E-state index contributed by atoms with van der Waals surface area (Å²) < 4.78 is 5.65. The van der Waals surface area contributed by atoms with Gasteiger partial charge < -0.3 is 10.5 Å². The van der Waals surface area contributed by atoms with E-state index in [-0.39, 0.29) is 5.69 Å². The van der Waals surface area contributed by atoms with Crippen molar-refractivity contribution < 1.29 is 9.66 Å². The zero-order chi connectivity index (χ0) is 13.8. The highest BCUT2D eigenvalue weighted by Crippen LogP contribution is 2.30. The Morgan fingerprint density at radius 2 is 1.89 bits per heavy atom. The minimum absolute atomic E-state index is 0.0519. The summed E-state index contributed by atoms with van der Waals surface area (Å²) in [6.07, 6.45) is 0. The predicted molar refractivity (Wildman–Crippen MR) is 72.2 cm³/mol. The van der Waals surface area contributed by atoms with Crippen molar-refractivity contribution in [3.63, 3.8) is 0 Å². The summed E-state index contributed by atoms with van der Waals surface area (Å²) in [7, 11) is 0. The van der Waals surface area contributed by atoms with Crippen molar-refractivity contribution >= 4 is 5.69 Å². The van der Waals surface area contributed by atoms with Gasteiger partial charge in [0, 0.05) is 12.6 Å². The molecular weight excluding hydrogens is 244 g/mol. The number of ether oxygens (including phenoxy) is 1. The van der Waals surface area contributed by atoms with Crippen molar-refractivity contribution in [1.82, 2.24) is 0 Å². The third-order valence-corrected chi connectivity index (χ3v) is 2.84. The van der Waals surface area contributed by atoms with Crippen LogP contribution in [-0.4, -0.2) is 4.92 Å². The number of nitro groups is 1. The Labute approximate surface area is 110 Å². The second kappa shape index (κ2) is 5.49. The standard InChI is InChI=1S/C14H14N2O3/c1-10-13(16(17)18)3-2-4-14(10)19-12-7-5-11(9-15)6-8-12/h2-8H,9,15H2,1H3. The lowest BCUT2D eigenvalue weighted by atomic mass is 10.2. The maximum atomic E-state index is 10.8. The molecule has 0 amide bonds. The van der Waals surface area contributed by atoms with Crippen LogP contribution >= 0.6 is 0 Å². The molecule has 2 rings (SSSR count). The lowest BCUT2D eigenvalue weighted by Crippen LogP contribution is -1.96. The number of hydrogen-bond donors (Lipinski definition) is 1. The van der Waals surface area contributed by atoms with Crippen molar-refractivity contribution in [2.45, 2.75) is 13.5 Å². The lowest BCUT2D eigenvalue weighted by molar-refractivity contribution is -0.385. The Balaban J connectivity index is 2.27. The summed E-state index contributed by atoms with van der Waals surface area (Å²) >= 11 is 0. The molecule has 0 saturated carbocycles. The molecule has 2 N–H and O–H groups in total. The molecule has 5 nitrogen and oxygen atoms in total. The Bertz CT molecular complexity index is 594. The number of hydrogen-bond acceptors (Lipinski definition) is 4. The van der Waals surface area contributed by atoms with E-state index in [1.165, 1.54) is 6.07 Å². The third kappa shape index (κ3) is 2.89. The molecule has 5 heteroatoms. The molecule has 0 saturated heterocycles. The third-order valence-electron chi connectivity index (χ3n) is 2.84. The number of benzene rings is 2. The van der Waals surface area contributed by atoms with Gasteiger partial charge in [-0.1, -0.05) is 18.2 Å². The van der Waals surface area contributed by atoms with Gasteiger partial charge in [0.15, 0.2) is 0 Å². The van der Waals surface area contributed by atoms with E-state index >= 15 is 0 Å². The fourth-order valence-electron chi connectivity index (χ4n) is 1.73. The van der Waals surface area contributed by atoms with Gasteiger partial charge in [0.05, 0.1) is 10.5 Å². The Morgan fingerprint density at radius 3 is 2.47 bits per heavy atom. The summed E-state index contributed by atoms with van der Waals surface area (Å²) in [6, 6.07) is 12.1. The van der Waals surface area contributed by atoms with Gasteiger partial charge in [-0.15, -0.1) is 0 Å². The summed E-state index contributed by atoms with van der Waals surface area (Å²) in [6.45, 7) is 2.14. The van der Waals surface area contributed by atoms with E-state index in [1.807, 2.05) is 12.1 Å². The maximum Gasteiger partial charge on any atom is 0.276 e. The fourth-order valence-corrected chi connectivity index (χ4v) is 1.73. The van der Waals surface area contributed by atoms with Crippen LogP contribution < -0.4 is 10.5 Å². The van der Waals surface area contributed by atoms with E-state index in [0.717, 1.165) is 5.56 Å². The summed E-state index contributed by atoms with van der Waals surface area (Å²) in [5.74, 6) is 1.11. The molecule has 0 spiro atoms. The van der Waals surface area contributed by atoms with Crippen LogP contribution in [0.2, 0.25) is 0 Å². The van der Waals surface area contributed by atoms with Gasteiger partial charge in [0.25, 0.3) is 5.69 Å². The quantitative estimate of drug-likeness (QED) is 0.675. The second-order valence-electron chi connectivity index (χ2n) is 4.11. The van der Waals surface area contributed by atoms with Crippen molar-refractivity contribution in [3.05, 3.63) is 63.7 Å². The second-order valence-corrected chi connectivity index (χ2v) is 4.11. The van der Waals surface area contributed by atoms with Gasteiger partial charge in [-0.2, -0.15) is 0 Å². The molecule has 0 atom stereocenters. The van der Waals surface area contributed by atoms with E-state index in [0.29, 0.717) is 23.6 Å². The Kier molecular flexibility index (Phi) is 3.77. The Morgan fingerprint density at radius 1 is 1.21 bits per heavy atom. The normalized spacial score (nSPS) is 10.2. The first kappa shape index (κ1) is 13.0. The van der Waals surface area contributed by atoms with E-state index in [1.54, 1.807) is 31.2 Å². The van der Waals surface area contributed by atoms with Gasteiger partial charge in [0.2, 0.25) is 0 Å². The first-order chi connectivity index (χ1) is 9.11. The maximum absolute atomic E-state index is 10.8. The molecule has 0 fully saturated rings. The van der Waals surface area contributed by atoms with Crippen molar-refractivity contribution in [1.29, 1.82) is 0 Å².